The van der Waals surface area contributed by atoms with Gasteiger partial charge in [-0.3, -0.25) is 9.78 Å². The Hall–Kier alpha value is -1.88. The molecule has 1 aliphatic rings. The minimum atomic E-state index is 0.0749. The molecule has 120 valence electrons. The summed E-state index contributed by atoms with van der Waals surface area (Å²) in [6, 6.07) is 7.95. The van der Waals surface area contributed by atoms with Gasteiger partial charge < -0.3 is 10.2 Å². The maximum Gasteiger partial charge on any atom is 0.255 e. The van der Waals surface area contributed by atoms with E-state index in [1.165, 1.54) is 12.0 Å². The van der Waals surface area contributed by atoms with Gasteiger partial charge in [-0.2, -0.15) is 0 Å². The molecule has 0 atom stereocenters. The molecule has 1 aromatic heterocycles. The zero-order valence-electron chi connectivity index (χ0n) is 13.2. The number of benzene rings is 1. The summed E-state index contributed by atoms with van der Waals surface area (Å²) in [5.74, 6) is 0.0749. The van der Waals surface area contributed by atoms with Crippen molar-refractivity contribution in [2.75, 3.05) is 18.4 Å². The van der Waals surface area contributed by atoms with Crippen LogP contribution in [0.15, 0.2) is 41.1 Å². The molecule has 0 radical (unpaired) electrons. The highest BCUT2D eigenvalue weighted by Gasteiger charge is 2.18. The summed E-state index contributed by atoms with van der Waals surface area (Å²) in [5, 5.41) is 3.31. The molecular weight excluding hydrogens is 354 g/mol. The third-order valence-electron chi connectivity index (χ3n) is 4.09. The van der Waals surface area contributed by atoms with E-state index in [0.717, 1.165) is 41.8 Å². The van der Waals surface area contributed by atoms with Gasteiger partial charge in [0.15, 0.2) is 0 Å². The van der Waals surface area contributed by atoms with Crippen LogP contribution in [-0.4, -0.2) is 28.9 Å². The number of carbonyl (C=O) groups is 1. The fourth-order valence-corrected chi connectivity index (χ4v) is 3.12. The zero-order chi connectivity index (χ0) is 16.2. The summed E-state index contributed by atoms with van der Waals surface area (Å²) in [6.07, 6.45) is 6.78. The van der Waals surface area contributed by atoms with E-state index in [1.54, 1.807) is 12.4 Å². The number of rotatable bonds is 3. The molecule has 0 saturated carbocycles. The van der Waals surface area contributed by atoms with E-state index < -0.39 is 0 Å². The van der Waals surface area contributed by atoms with Crippen LogP contribution >= 0.6 is 15.9 Å². The van der Waals surface area contributed by atoms with Gasteiger partial charge in [0, 0.05) is 29.4 Å². The molecule has 0 aliphatic carbocycles. The number of nitrogens with zero attached hydrogens (tertiary/aromatic N) is 2. The Morgan fingerprint density at radius 3 is 2.65 bits per heavy atom. The average Bonchev–Trinajstić information content (AvgIpc) is 2.58. The molecule has 23 heavy (non-hydrogen) atoms. The third kappa shape index (κ3) is 3.91. The molecule has 1 N–H and O–H groups in total. The zero-order valence-corrected chi connectivity index (χ0v) is 14.8. The minimum Gasteiger partial charge on any atom is -0.354 e. The lowest BCUT2D eigenvalue weighted by Crippen LogP contribution is -2.35. The quantitative estimate of drug-likeness (QED) is 0.859. The van der Waals surface area contributed by atoms with Gasteiger partial charge in [0.25, 0.3) is 5.91 Å². The smallest absolute Gasteiger partial charge is 0.255 e. The lowest BCUT2D eigenvalue weighted by Gasteiger charge is -2.26. The first-order chi connectivity index (χ1) is 11.1. The summed E-state index contributed by atoms with van der Waals surface area (Å²) in [4.78, 5) is 18.7. The van der Waals surface area contributed by atoms with Crippen molar-refractivity contribution in [3.8, 4) is 0 Å². The predicted molar refractivity (Wildman–Crippen MR) is 96.2 cm³/mol. The van der Waals surface area contributed by atoms with E-state index in [4.69, 9.17) is 0 Å². The van der Waals surface area contributed by atoms with E-state index >= 15 is 0 Å². The monoisotopic (exact) mass is 373 g/mol. The SMILES string of the molecule is Cc1ccc(Nc2cncc(C(=O)N3CCCCC3)c2)cc1Br. The molecule has 5 heteroatoms. The van der Waals surface area contributed by atoms with Crippen molar-refractivity contribution >= 4 is 33.2 Å². The van der Waals surface area contributed by atoms with Crippen molar-refractivity contribution in [2.24, 2.45) is 0 Å². The Balaban J connectivity index is 1.76. The van der Waals surface area contributed by atoms with Crippen LogP contribution in [0.1, 0.15) is 35.2 Å². The Kier molecular flexibility index (Phi) is 4.96. The molecule has 2 aromatic rings. The molecule has 2 heterocycles. The molecule has 0 bridgehead atoms. The first-order valence-corrected chi connectivity index (χ1v) is 8.70. The Morgan fingerprint density at radius 1 is 1.13 bits per heavy atom. The number of halogens is 1. The second-order valence-corrected chi connectivity index (χ2v) is 6.76. The summed E-state index contributed by atoms with van der Waals surface area (Å²) >= 11 is 3.53. The first kappa shape index (κ1) is 16.0. The molecule has 1 saturated heterocycles. The average molecular weight is 374 g/mol. The number of pyridine rings is 1. The van der Waals surface area contributed by atoms with Crippen LogP contribution in [0.4, 0.5) is 11.4 Å². The molecule has 3 rings (SSSR count). The van der Waals surface area contributed by atoms with Gasteiger partial charge in [0.05, 0.1) is 17.4 Å². The number of nitrogens with one attached hydrogen (secondary N) is 1. The summed E-state index contributed by atoms with van der Waals surface area (Å²) in [6.45, 7) is 3.75. The standard InChI is InChI=1S/C18H20BrN3O/c1-13-5-6-15(10-17(13)19)21-16-9-14(11-20-12-16)18(23)22-7-3-2-4-8-22/h5-6,9-12,21H,2-4,7-8H2,1H3. The second kappa shape index (κ2) is 7.13. The number of amides is 1. The Bertz CT molecular complexity index is 711. The van der Waals surface area contributed by atoms with Crippen LogP contribution in [0.25, 0.3) is 0 Å². The number of likely N-dealkylation sites (tertiary alicyclic amines) is 1. The van der Waals surface area contributed by atoms with Crippen LogP contribution in [0.3, 0.4) is 0 Å². The summed E-state index contributed by atoms with van der Waals surface area (Å²) < 4.78 is 1.05. The lowest BCUT2D eigenvalue weighted by molar-refractivity contribution is 0.0724. The minimum absolute atomic E-state index is 0.0749. The fourth-order valence-electron chi connectivity index (χ4n) is 2.74. The summed E-state index contributed by atoms with van der Waals surface area (Å²) in [7, 11) is 0. The van der Waals surface area contributed by atoms with Crippen LogP contribution in [0.2, 0.25) is 0 Å². The Morgan fingerprint density at radius 2 is 1.91 bits per heavy atom. The molecule has 1 aromatic carbocycles. The number of aryl methyl sites for hydroxylation is 1. The molecule has 1 amide bonds. The van der Waals surface area contributed by atoms with Crippen molar-refractivity contribution in [3.05, 3.63) is 52.3 Å². The maximum atomic E-state index is 12.6. The molecule has 0 unspecified atom stereocenters. The number of hydrogen-bond acceptors (Lipinski definition) is 3. The van der Waals surface area contributed by atoms with Crippen LogP contribution < -0.4 is 5.32 Å². The molecule has 4 nitrogen and oxygen atoms in total. The number of aromatic nitrogens is 1. The maximum absolute atomic E-state index is 12.6. The molecule has 0 spiro atoms. The van der Waals surface area contributed by atoms with Crippen molar-refractivity contribution in [3.63, 3.8) is 0 Å². The van der Waals surface area contributed by atoms with Gasteiger partial charge in [0.1, 0.15) is 0 Å². The van der Waals surface area contributed by atoms with Gasteiger partial charge in [-0.15, -0.1) is 0 Å². The Labute approximate surface area is 145 Å². The highest BCUT2D eigenvalue weighted by molar-refractivity contribution is 9.10. The molecule has 1 aliphatic heterocycles. The van der Waals surface area contributed by atoms with E-state index in [1.807, 2.05) is 36.1 Å². The van der Waals surface area contributed by atoms with Crippen molar-refractivity contribution in [1.29, 1.82) is 0 Å². The van der Waals surface area contributed by atoms with Crippen LogP contribution in [0, 0.1) is 6.92 Å². The molecular formula is C18H20BrN3O. The van der Waals surface area contributed by atoms with Crippen molar-refractivity contribution < 1.29 is 4.79 Å². The highest BCUT2D eigenvalue weighted by Crippen LogP contribution is 2.24. The lowest BCUT2D eigenvalue weighted by atomic mass is 10.1. The highest BCUT2D eigenvalue weighted by atomic mass is 79.9. The fraction of sp³-hybridized carbons (Fsp3) is 0.333. The largest absolute Gasteiger partial charge is 0.354 e. The number of anilines is 2. The second-order valence-electron chi connectivity index (χ2n) is 5.90. The van der Waals surface area contributed by atoms with Gasteiger partial charge in [0.2, 0.25) is 0 Å². The molecule has 1 fully saturated rings. The first-order valence-electron chi connectivity index (χ1n) is 7.91. The summed E-state index contributed by atoms with van der Waals surface area (Å²) in [5.41, 5.74) is 3.61. The topological polar surface area (TPSA) is 45.2 Å². The normalized spacial score (nSPS) is 14.6. The van der Waals surface area contributed by atoms with Gasteiger partial charge in [-0.05, 0) is 49.9 Å². The van der Waals surface area contributed by atoms with E-state index in [9.17, 15) is 4.79 Å². The van der Waals surface area contributed by atoms with Crippen LogP contribution in [0.5, 0.6) is 0 Å². The van der Waals surface area contributed by atoms with Crippen LogP contribution in [-0.2, 0) is 0 Å². The third-order valence-corrected chi connectivity index (χ3v) is 4.94. The van der Waals surface area contributed by atoms with Crippen molar-refractivity contribution in [1.82, 2.24) is 9.88 Å². The van der Waals surface area contributed by atoms with Crippen molar-refractivity contribution in [2.45, 2.75) is 26.2 Å². The predicted octanol–water partition coefficient (Wildman–Crippen LogP) is 4.52. The number of piperidine rings is 1. The van der Waals surface area contributed by atoms with Gasteiger partial charge in [-0.25, -0.2) is 0 Å². The van der Waals surface area contributed by atoms with Gasteiger partial charge in [-0.1, -0.05) is 22.0 Å². The van der Waals surface area contributed by atoms with E-state index in [2.05, 4.69) is 26.2 Å². The van der Waals surface area contributed by atoms with E-state index in [0.29, 0.717) is 5.56 Å². The van der Waals surface area contributed by atoms with E-state index in [-0.39, 0.29) is 5.91 Å². The van der Waals surface area contributed by atoms with Gasteiger partial charge >= 0.3 is 0 Å². The number of hydrogen-bond donors (Lipinski definition) is 1. The number of carbonyl (C=O) groups excluding carboxylic acids is 1.